The number of hydrogen-bond acceptors (Lipinski definition) is 5. The van der Waals surface area contributed by atoms with Gasteiger partial charge in [-0.05, 0) is 37.3 Å². The van der Waals surface area contributed by atoms with Gasteiger partial charge in [-0.1, -0.05) is 90.5 Å². The number of nitrogens with zero attached hydrogens (tertiary/aromatic N) is 4. The first-order chi connectivity index (χ1) is 18.5. The Labute approximate surface area is 224 Å². The number of carbonyl (C=O) groups excluding carboxylic acids is 1. The highest BCUT2D eigenvalue weighted by Gasteiger charge is 2.35. The van der Waals surface area contributed by atoms with Crippen LogP contribution in [0.4, 0.5) is 5.95 Å². The van der Waals surface area contributed by atoms with Crippen molar-refractivity contribution in [2.45, 2.75) is 44.9 Å². The summed E-state index contributed by atoms with van der Waals surface area (Å²) in [6.45, 7) is 3.26. The molecule has 6 nitrogen and oxygen atoms in total. The number of likely N-dealkylation sites (tertiary alicyclic amines) is 1. The number of amides is 1. The molecule has 1 aliphatic rings. The number of aryl methyl sites for hydroxylation is 1. The van der Waals surface area contributed by atoms with Crippen LogP contribution in [0.5, 0.6) is 0 Å². The van der Waals surface area contributed by atoms with E-state index in [1.165, 1.54) is 0 Å². The third-order valence-corrected chi connectivity index (χ3v) is 7.22. The second-order valence-electron chi connectivity index (χ2n) is 10.1. The van der Waals surface area contributed by atoms with Crippen molar-refractivity contribution in [3.8, 4) is 11.3 Å². The molecule has 0 spiro atoms. The normalized spacial score (nSPS) is 16.2. The molecule has 2 unspecified atom stereocenters. The number of rotatable bonds is 7. The van der Waals surface area contributed by atoms with Crippen LogP contribution in [0.3, 0.4) is 0 Å². The monoisotopic (exact) mass is 506 g/mol. The van der Waals surface area contributed by atoms with Crippen molar-refractivity contribution in [3.63, 3.8) is 0 Å². The van der Waals surface area contributed by atoms with Crippen molar-refractivity contribution in [1.82, 2.24) is 14.9 Å². The van der Waals surface area contributed by atoms with Crippen LogP contribution in [-0.2, 0) is 6.54 Å². The quantitative estimate of drug-likeness (QED) is 0.342. The molecule has 6 heteroatoms. The fourth-order valence-electron chi connectivity index (χ4n) is 5.23. The molecule has 5 rings (SSSR count). The predicted molar refractivity (Wildman–Crippen MR) is 151 cm³/mol. The summed E-state index contributed by atoms with van der Waals surface area (Å²) >= 11 is 0. The van der Waals surface area contributed by atoms with Crippen LogP contribution in [0, 0.1) is 6.92 Å². The zero-order valence-corrected chi connectivity index (χ0v) is 22.0. The number of hydrogen-bond donors (Lipinski definition) is 1. The summed E-state index contributed by atoms with van der Waals surface area (Å²) in [6.07, 6.45) is 3.53. The number of benzene rings is 3. The smallest absolute Gasteiger partial charge is 0.258 e. The minimum absolute atomic E-state index is 0.141. The highest BCUT2D eigenvalue weighted by atomic mass is 16.3. The Hall–Kier alpha value is -4.03. The average molecular weight is 507 g/mol. The van der Waals surface area contributed by atoms with Crippen molar-refractivity contribution < 1.29 is 9.90 Å². The van der Waals surface area contributed by atoms with Gasteiger partial charge in [-0.2, -0.15) is 0 Å². The van der Waals surface area contributed by atoms with E-state index in [0.29, 0.717) is 30.3 Å². The molecule has 0 aliphatic carbocycles. The van der Waals surface area contributed by atoms with Gasteiger partial charge < -0.3 is 14.9 Å². The minimum atomic E-state index is -0.753. The molecule has 194 valence electrons. The van der Waals surface area contributed by atoms with E-state index in [9.17, 15) is 9.90 Å². The standard InChI is InChI=1S/C32H34N4O2/c1-23-12-11-17-26(20-23)30(37)28-18-9-10-19-36(28)31(38)27-21-33-32(34-29(27)25-15-7-4-8-16-25)35(2)22-24-13-5-3-6-14-24/h3-8,11-17,20-21,28,30,37H,9-10,18-19,22H2,1-2H3. The maximum atomic E-state index is 14.1. The zero-order chi connectivity index (χ0) is 26.5. The predicted octanol–water partition coefficient (Wildman–Crippen LogP) is 5.82. The second kappa shape index (κ2) is 11.6. The fraction of sp³-hybridized carbons (Fsp3) is 0.281. The average Bonchev–Trinajstić information content (AvgIpc) is 2.97. The molecule has 1 aliphatic heterocycles. The minimum Gasteiger partial charge on any atom is -0.386 e. The second-order valence-corrected chi connectivity index (χ2v) is 10.1. The molecule has 4 aromatic rings. The van der Waals surface area contributed by atoms with E-state index in [0.717, 1.165) is 41.5 Å². The van der Waals surface area contributed by atoms with Gasteiger partial charge in [-0.3, -0.25) is 4.79 Å². The lowest BCUT2D eigenvalue weighted by Gasteiger charge is -2.39. The summed E-state index contributed by atoms with van der Waals surface area (Å²) < 4.78 is 0. The molecule has 0 radical (unpaired) electrons. The van der Waals surface area contributed by atoms with Crippen LogP contribution in [-0.4, -0.2) is 45.5 Å². The van der Waals surface area contributed by atoms with Gasteiger partial charge in [0.1, 0.15) is 0 Å². The number of piperidine rings is 1. The summed E-state index contributed by atoms with van der Waals surface area (Å²) in [5.41, 5.74) is 5.00. The number of aliphatic hydroxyl groups is 1. The number of aromatic nitrogens is 2. The first-order valence-corrected chi connectivity index (χ1v) is 13.2. The van der Waals surface area contributed by atoms with Crippen LogP contribution in [0.1, 0.15) is 52.4 Å². The Balaban J connectivity index is 1.48. The number of anilines is 1. The topological polar surface area (TPSA) is 69.6 Å². The Kier molecular flexibility index (Phi) is 7.80. The molecular formula is C32H34N4O2. The lowest BCUT2D eigenvalue weighted by atomic mass is 9.91. The third-order valence-electron chi connectivity index (χ3n) is 7.22. The molecule has 1 fully saturated rings. The van der Waals surface area contributed by atoms with Crippen LogP contribution in [0.2, 0.25) is 0 Å². The summed E-state index contributed by atoms with van der Waals surface area (Å²) in [5.74, 6) is 0.414. The van der Waals surface area contributed by atoms with Crippen LogP contribution in [0.25, 0.3) is 11.3 Å². The Morgan fingerprint density at radius 2 is 1.76 bits per heavy atom. The lowest BCUT2D eigenvalue weighted by molar-refractivity contribution is 0.0212. The molecule has 0 saturated carbocycles. The SMILES string of the molecule is Cc1cccc(C(O)C2CCCCN2C(=O)c2cnc(N(C)Cc3ccccc3)nc2-c2ccccc2)c1. The van der Waals surface area contributed by atoms with Crippen molar-refractivity contribution >= 4 is 11.9 Å². The van der Waals surface area contributed by atoms with Gasteiger partial charge in [0.15, 0.2) is 0 Å². The summed E-state index contributed by atoms with van der Waals surface area (Å²) in [6, 6.07) is 27.6. The molecule has 1 amide bonds. The van der Waals surface area contributed by atoms with E-state index in [4.69, 9.17) is 4.98 Å². The van der Waals surface area contributed by atoms with Crippen LogP contribution in [0.15, 0.2) is 91.1 Å². The molecule has 2 atom stereocenters. The first kappa shape index (κ1) is 25.6. The molecule has 1 saturated heterocycles. The van der Waals surface area contributed by atoms with Gasteiger partial charge in [-0.15, -0.1) is 0 Å². The molecule has 2 heterocycles. The van der Waals surface area contributed by atoms with Gasteiger partial charge in [0.25, 0.3) is 5.91 Å². The van der Waals surface area contributed by atoms with E-state index in [1.54, 1.807) is 6.20 Å². The number of carbonyl (C=O) groups is 1. The summed E-state index contributed by atoms with van der Waals surface area (Å²) in [4.78, 5) is 27.4. The van der Waals surface area contributed by atoms with Gasteiger partial charge >= 0.3 is 0 Å². The van der Waals surface area contributed by atoms with E-state index < -0.39 is 6.10 Å². The van der Waals surface area contributed by atoms with Crippen LogP contribution < -0.4 is 4.90 Å². The maximum Gasteiger partial charge on any atom is 0.258 e. The van der Waals surface area contributed by atoms with Gasteiger partial charge in [0, 0.05) is 31.9 Å². The number of aliphatic hydroxyl groups excluding tert-OH is 1. The molecule has 1 aromatic heterocycles. The molecule has 3 aromatic carbocycles. The van der Waals surface area contributed by atoms with E-state index in [-0.39, 0.29) is 11.9 Å². The van der Waals surface area contributed by atoms with Gasteiger partial charge in [0.05, 0.1) is 23.4 Å². The Morgan fingerprint density at radius 1 is 1.03 bits per heavy atom. The van der Waals surface area contributed by atoms with Crippen molar-refractivity contribution in [2.24, 2.45) is 0 Å². The lowest BCUT2D eigenvalue weighted by Crippen LogP contribution is -2.47. The largest absolute Gasteiger partial charge is 0.386 e. The first-order valence-electron chi connectivity index (χ1n) is 13.2. The molecular weight excluding hydrogens is 472 g/mol. The van der Waals surface area contributed by atoms with E-state index in [2.05, 4.69) is 17.1 Å². The van der Waals surface area contributed by atoms with Gasteiger partial charge in [-0.25, -0.2) is 9.97 Å². The third kappa shape index (κ3) is 5.60. The summed E-state index contributed by atoms with van der Waals surface area (Å²) in [5, 5.41) is 11.3. The Morgan fingerprint density at radius 3 is 2.50 bits per heavy atom. The van der Waals surface area contributed by atoms with Crippen LogP contribution >= 0.6 is 0 Å². The highest BCUT2D eigenvalue weighted by molar-refractivity contribution is 6.00. The van der Waals surface area contributed by atoms with Crippen molar-refractivity contribution in [1.29, 1.82) is 0 Å². The zero-order valence-electron chi connectivity index (χ0n) is 22.0. The van der Waals surface area contributed by atoms with Gasteiger partial charge in [0.2, 0.25) is 5.95 Å². The summed E-state index contributed by atoms with van der Waals surface area (Å²) in [7, 11) is 1.96. The highest BCUT2D eigenvalue weighted by Crippen LogP contribution is 2.32. The fourth-order valence-corrected chi connectivity index (χ4v) is 5.23. The molecule has 38 heavy (non-hydrogen) atoms. The van der Waals surface area contributed by atoms with Crippen molar-refractivity contribution in [3.05, 3.63) is 113 Å². The maximum absolute atomic E-state index is 14.1. The van der Waals surface area contributed by atoms with E-state index >= 15 is 0 Å². The van der Waals surface area contributed by atoms with E-state index in [1.807, 2.05) is 96.6 Å². The Bertz CT molecular complexity index is 1380. The molecule has 0 bridgehead atoms. The molecule has 1 N–H and O–H groups in total. The van der Waals surface area contributed by atoms with Crippen molar-refractivity contribution in [2.75, 3.05) is 18.5 Å².